The van der Waals surface area contributed by atoms with Crippen LogP contribution in [0.25, 0.3) is 0 Å². The highest BCUT2D eigenvalue weighted by molar-refractivity contribution is 6.00. The fraction of sp³-hybridized carbons (Fsp3) is 0.800. The van der Waals surface area contributed by atoms with Gasteiger partial charge < -0.3 is 5.73 Å². The van der Waals surface area contributed by atoms with Crippen LogP contribution in [-0.2, 0) is 4.79 Å². The van der Waals surface area contributed by atoms with Gasteiger partial charge in [-0.1, -0.05) is 27.7 Å². The van der Waals surface area contributed by atoms with Crippen molar-refractivity contribution < 1.29 is 4.79 Å². The van der Waals surface area contributed by atoms with Crippen LogP contribution in [0.2, 0.25) is 0 Å². The second kappa shape index (κ2) is 5.73. The number of aliphatic imine (C=N–C) groups is 1. The van der Waals surface area contributed by atoms with Crippen LogP contribution in [0.5, 0.6) is 0 Å². The normalized spacial score (nSPS) is 12.6. The molecule has 0 saturated heterocycles. The number of carbonyl (C=O) groups excluding carboxylic acids is 1. The van der Waals surface area contributed by atoms with E-state index in [-0.39, 0.29) is 11.7 Å². The Labute approximate surface area is 80.4 Å². The monoisotopic (exact) mass is 184 g/mol. The van der Waals surface area contributed by atoms with Crippen molar-refractivity contribution in [3.63, 3.8) is 0 Å². The Morgan fingerprint density at radius 3 is 2.23 bits per heavy atom. The van der Waals surface area contributed by atoms with E-state index in [0.717, 1.165) is 0 Å². The first-order chi connectivity index (χ1) is 5.93. The van der Waals surface area contributed by atoms with Gasteiger partial charge in [0.05, 0.1) is 6.42 Å². The summed E-state index contributed by atoms with van der Waals surface area (Å²) in [5.41, 5.74) is 5.59. The van der Waals surface area contributed by atoms with Gasteiger partial charge in [-0.3, -0.25) is 9.79 Å². The van der Waals surface area contributed by atoms with Gasteiger partial charge in [0.25, 0.3) is 0 Å². The highest BCUT2D eigenvalue weighted by Crippen LogP contribution is 1.99. The molecule has 0 bridgehead atoms. The second-order valence-corrected chi connectivity index (χ2v) is 4.02. The number of nitrogens with two attached hydrogens (primary N) is 1. The maximum absolute atomic E-state index is 11.2. The summed E-state index contributed by atoms with van der Waals surface area (Å²) in [5.74, 6) is 1.16. The molecule has 0 saturated carbocycles. The van der Waals surface area contributed by atoms with Crippen molar-refractivity contribution in [2.24, 2.45) is 22.6 Å². The maximum atomic E-state index is 11.2. The number of Topliss-reactive ketones (excluding diaryl/α,β-unsaturated/α-hetero) is 1. The summed E-state index contributed by atoms with van der Waals surface area (Å²) in [7, 11) is 0. The van der Waals surface area contributed by atoms with E-state index in [2.05, 4.69) is 18.8 Å². The minimum atomic E-state index is 0.0489. The molecule has 0 spiro atoms. The Hall–Kier alpha value is -0.860. The van der Waals surface area contributed by atoms with Crippen LogP contribution < -0.4 is 5.73 Å². The van der Waals surface area contributed by atoms with Crippen LogP contribution in [0.3, 0.4) is 0 Å². The zero-order chi connectivity index (χ0) is 10.4. The number of carbonyl (C=O) groups is 1. The molecule has 0 unspecified atom stereocenters. The number of amidine groups is 1. The van der Waals surface area contributed by atoms with Gasteiger partial charge in [0.2, 0.25) is 0 Å². The third kappa shape index (κ3) is 6.31. The Morgan fingerprint density at radius 1 is 1.31 bits per heavy atom. The summed E-state index contributed by atoms with van der Waals surface area (Å²) in [5, 5.41) is 0. The average molecular weight is 184 g/mol. The molecule has 76 valence electrons. The second-order valence-electron chi connectivity index (χ2n) is 4.02. The first kappa shape index (κ1) is 12.1. The van der Waals surface area contributed by atoms with Gasteiger partial charge in [-0.05, 0) is 5.92 Å². The van der Waals surface area contributed by atoms with Crippen molar-refractivity contribution in [2.75, 3.05) is 6.54 Å². The lowest BCUT2D eigenvalue weighted by Crippen LogP contribution is -2.21. The molecule has 3 heteroatoms. The number of nitrogens with zero attached hydrogens (tertiary/aromatic N) is 1. The lowest BCUT2D eigenvalue weighted by Gasteiger charge is -2.04. The van der Waals surface area contributed by atoms with Crippen molar-refractivity contribution in [1.82, 2.24) is 0 Å². The quantitative estimate of drug-likeness (QED) is 0.521. The number of rotatable bonds is 5. The molecule has 2 N–H and O–H groups in total. The predicted molar refractivity (Wildman–Crippen MR) is 55.8 cm³/mol. The van der Waals surface area contributed by atoms with E-state index in [9.17, 15) is 4.79 Å². The Balaban J connectivity index is 3.92. The molecular formula is C10H20N2O. The lowest BCUT2D eigenvalue weighted by atomic mass is 10.1. The molecule has 0 aromatic carbocycles. The standard InChI is InChI=1S/C10H20N2O/c1-7(2)6-12-10(11)5-9(13)8(3)4/h7-8H,5-6H2,1-4H3,(H2,11,12). The van der Waals surface area contributed by atoms with Gasteiger partial charge >= 0.3 is 0 Å². The van der Waals surface area contributed by atoms with Gasteiger partial charge in [-0.2, -0.15) is 0 Å². The zero-order valence-corrected chi connectivity index (χ0v) is 9.00. The van der Waals surface area contributed by atoms with Crippen LogP contribution >= 0.6 is 0 Å². The summed E-state index contributed by atoms with van der Waals surface area (Å²) in [6.07, 6.45) is 0.296. The summed E-state index contributed by atoms with van der Waals surface area (Å²) < 4.78 is 0. The molecule has 0 heterocycles. The van der Waals surface area contributed by atoms with E-state index in [0.29, 0.717) is 24.7 Å². The molecule has 0 aliphatic heterocycles. The van der Waals surface area contributed by atoms with Crippen molar-refractivity contribution >= 4 is 11.6 Å². The molecule has 0 fully saturated rings. The van der Waals surface area contributed by atoms with Gasteiger partial charge in [0.15, 0.2) is 0 Å². The van der Waals surface area contributed by atoms with Crippen molar-refractivity contribution in [1.29, 1.82) is 0 Å². The van der Waals surface area contributed by atoms with Crippen LogP contribution in [0.15, 0.2) is 4.99 Å². The molecule has 0 aromatic rings. The van der Waals surface area contributed by atoms with Crippen molar-refractivity contribution in [3.8, 4) is 0 Å². The molecule has 0 radical (unpaired) electrons. The number of ketones is 1. The van der Waals surface area contributed by atoms with Gasteiger partial charge in [-0.25, -0.2) is 0 Å². The smallest absolute Gasteiger partial charge is 0.142 e. The largest absolute Gasteiger partial charge is 0.387 e. The van der Waals surface area contributed by atoms with E-state index in [1.807, 2.05) is 13.8 Å². The van der Waals surface area contributed by atoms with Gasteiger partial charge in [-0.15, -0.1) is 0 Å². The molecular weight excluding hydrogens is 164 g/mol. The van der Waals surface area contributed by atoms with Crippen molar-refractivity contribution in [3.05, 3.63) is 0 Å². The predicted octanol–water partition coefficient (Wildman–Crippen LogP) is 1.61. The first-order valence-corrected chi connectivity index (χ1v) is 4.75. The minimum Gasteiger partial charge on any atom is -0.387 e. The summed E-state index contributed by atoms with van der Waals surface area (Å²) in [4.78, 5) is 15.4. The lowest BCUT2D eigenvalue weighted by molar-refractivity contribution is -0.120. The third-order valence-electron chi connectivity index (χ3n) is 1.66. The van der Waals surface area contributed by atoms with Crippen LogP contribution in [-0.4, -0.2) is 18.2 Å². The van der Waals surface area contributed by atoms with E-state index in [1.165, 1.54) is 0 Å². The molecule has 0 atom stereocenters. The fourth-order valence-corrected chi connectivity index (χ4v) is 0.738. The summed E-state index contributed by atoms with van der Waals surface area (Å²) >= 11 is 0. The highest BCUT2D eigenvalue weighted by Gasteiger charge is 2.08. The van der Waals surface area contributed by atoms with Crippen LogP contribution in [0, 0.1) is 11.8 Å². The third-order valence-corrected chi connectivity index (χ3v) is 1.66. The first-order valence-electron chi connectivity index (χ1n) is 4.75. The van der Waals surface area contributed by atoms with Crippen LogP contribution in [0.4, 0.5) is 0 Å². The molecule has 3 nitrogen and oxygen atoms in total. The molecule has 0 aliphatic carbocycles. The zero-order valence-electron chi connectivity index (χ0n) is 9.00. The molecule has 0 aromatic heterocycles. The molecule has 0 rings (SSSR count). The highest BCUT2D eigenvalue weighted by atomic mass is 16.1. The van der Waals surface area contributed by atoms with Gasteiger partial charge in [0, 0.05) is 12.5 Å². The topological polar surface area (TPSA) is 55.4 Å². The number of hydrogen-bond donors (Lipinski definition) is 1. The minimum absolute atomic E-state index is 0.0489. The summed E-state index contributed by atoms with van der Waals surface area (Å²) in [6, 6.07) is 0. The molecule has 0 aliphatic rings. The Morgan fingerprint density at radius 2 is 1.85 bits per heavy atom. The Kier molecular flexibility index (Phi) is 5.35. The Bertz CT molecular complexity index is 195. The number of hydrogen-bond acceptors (Lipinski definition) is 2. The fourth-order valence-electron chi connectivity index (χ4n) is 0.738. The SMILES string of the molecule is CC(C)CN=C(N)CC(=O)C(C)C. The molecule has 13 heavy (non-hydrogen) atoms. The van der Waals surface area contributed by atoms with E-state index >= 15 is 0 Å². The maximum Gasteiger partial charge on any atom is 0.142 e. The van der Waals surface area contributed by atoms with E-state index in [1.54, 1.807) is 0 Å². The average Bonchev–Trinajstić information content (AvgIpc) is 2.00. The van der Waals surface area contributed by atoms with Crippen LogP contribution in [0.1, 0.15) is 34.1 Å². The van der Waals surface area contributed by atoms with E-state index < -0.39 is 0 Å². The van der Waals surface area contributed by atoms with E-state index in [4.69, 9.17) is 5.73 Å². The van der Waals surface area contributed by atoms with Crippen molar-refractivity contribution in [2.45, 2.75) is 34.1 Å². The van der Waals surface area contributed by atoms with Gasteiger partial charge in [0.1, 0.15) is 11.6 Å². The molecule has 0 amide bonds. The summed E-state index contributed by atoms with van der Waals surface area (Å²) in [6.45, 7) is 8.59.